The highest BCUT2D eigenvalue weighted by molar-refractivity contribution is 6.03. The number of aromatic nitrogens is 2. The van der Waals surface area contributed by atoms with Crippen molar-refractivity contribution in [2.45, 2.75) is 13.8 Å². The minimum Gasteiger partial charge on any atom is -0.380 e. The van der Waals surface area contributed by atoms with Crippen LogP contribution in [0.25, 0.3) is 11.1 Å². The molecular formula is C20H18FN3. The smallest absolute Gasteiger partial charge is 0.138 e. The molecule has 0 spiro atoms. The summed E-state index contributed by atoms with van der Waals surface area (Å²) < 4.78 is 14.2. The van der Waals surface area contributed by atoms with Crippen molar-refractivity contribution < 1.29 is 4.39 Å². The quantitative estimate of drug-likeness (QED) is 0.727. The highest BCUT2D eigenvalue weighted by Crippen LogP contribution is 2.38. The highest BCUT2D eigenvalue weighted by Gasteiger charge is 2.22. The Kier molecular flexibility index (Phi) is 3.45. The standard InChI is InChI=1S/C20H18FN3/c1-12-7-8-14(9-17(12)21)19(20-23-10-13(2)24-20)16-11-22-18-6-4-3-5-15(16)18/h3-10,22H,11H2,1-2H3,(H,23,24). The molecule has 0 bridgehead atoms. The number of H-pyrrole nitrogens is 1. The summed E-state index contributed by atoms with van der Waals surface area (Å²) in [5.41, 5.74) is 6.77. The Morgan fingerprint density at radius 1 is 1.12 bits per heavy atom. The number of benzene rings is 2. The van der Waals surface area contributed by atoms with Crippen LogP contribution in [0.1, 0.15) is 28.2 Å². The first kappa shape index (κ1) is 14.7. The van der Waals surface area contributed by atoms with Gasteiger partial charge in [-0.05, 0) is 42.7 Å². The zero-order valence-electron chi connectivity index (χ0n) is 13.7. The summed E-state index contributed by atoms with van der Waals surface area (Å²) in [4.78, 5) is 7.80. The van der Waals surface area contributed by atoms with Gasteiger partial charge in [0.2, 0.25) is 0 Å². The molecule has 0 radical (unpaired) electrons. The fraction of sp³-hybridized carbons (Fsp3) is 0.150. The number of nitrogens with one attached hydrogen (secondary N) is 2. The van der Waals surface area contributed by atoms with E-state index < -0.39 is 0 Å². The fourth-order valence-corrected chi connectivity index (χ4v) is 3.14. The van der Waals surface area contributed by atoms with Crippen molar-refractivity contribution in [2.24, 2.45) is 0 Å². The van der Waals surface area contributed by atoms with Crippen molar-refractivity contribution in [3.05, 3.63) is 82.7 Å². The second kappa shape index (κ2) is 5.64. The van der Waals surface area contributed by atoms with Crippen LogP contribution in [-0.2, 0) is 0 Å². The summed E-state index contributed by atoms with van der Waals surface area (Å²) in [6.45, 7) is 4.44. The number of fused-ring (bicyclic) bond motifs is 1. The van der Waals surface area contributed by atoms with E-state index in [1.54, 1.807) is 19.2 Å². The number of rotatable bonds is 2. The molecule has 2 aromatic carbocycles. The van der Waals surface area contributed by atoms with Crippen LogP contribution in [0.15, 0.2) is 48.7 Å². The van der Waals surface area contributed by atoms with E-state index in [1.807, 2.05) is 31.2 Å². The minimum atomic E-state index is -0.201. The number of nitrogens with zero attached hydrogens (tertiary/aromatic N) is 1. The molecule has 24 heavy (non-hydrogen) atoms. The Balaban J connectivity index is 1.98. The van der Waals surface area contributed by atoms with Gasteiger partial charge in [0, 0.05) is 35.3 Å². The van der Waals surface area contributed by atoms with Gasteiger partial charge in [-0.25, -0.2) is 9.37 Å². The Morgan fingerprint density at radius 3 is 2.71 bits per heavy atom. The lowest BCUT2D eigenvalue weighted by atomic mass is 9.94. The second-order valence-corrected chi connectivity index (χ2v) is 6.13. The zero-order chi connectivity index (χ0) is 16.7. The summed E-state index contributed by atoms with van der Waals surface area (Å²) in [7, 11) is 0. The molecule has 0 saturated carbocycles. The molecular weight excluding hydrogens is 301 g/mol. The Morgan fingerprint density at radius 2 is 1.96 bits per heavy atom. The number of anilines is 1. The molecule has 3 nitrogen and oxygen atoms in total. The number of aromatic amines is 1. The van der Waals surface area contributed by atoms with Crippen molar-refractivity contribution in [3.8, 4) is 0 Å². The van der Waals surface area contributed by atoms with Gasteiger partial charge in [-0.1, -0.05) is 30.3 Å². The largest absolute Gasteiger partial charge is 0.380 e. The van der Waals surface area contributed by atoms with Crippen molar-refractivity contribution in [1.82, 2.24) is 9.97 Å². The molecule has 3 aromatic rings. The summed E-state index contributed by atoms with van der Waals surface area (Å²) in [6.07, 6.45) is 1.80. The molecule has 0 unspecified atom stereocenters. The predicted molar refractivity (Wildman–Crippen MR) is 95.3 cm³/mol. The van der Waals surface area contributed by atoms with Gasteiger partial charge in [0.25, 0.3) is 0 Å². The Bertz CT molecular complexity index is 953. The molecule has 4 heteroatoms. The van der Waals surface area contributed by atoms with Crippen molar-refractivity contribution >= 4 is 16.8 Å². The monoisotopic (exact) mass is 319 g/mol. The lowest BCUT2D eigenvalue weighted by Gasteiger charge is -2.11. The molecule has 0 aliphatic carbocycles. The van der Waals surface area contributed by atoms with Crippen LogP contribution in [0.4, 0.5) is 10.1 Å². The van der Waals surface area contributed by atoms with Gasteiger partial charge in [-0.3, -0.25) is 0 Å². The molecule has 0 atom stereocenters. The number of para-hydroxylation sites is 1. The van der Waals surface area contributed by atoms with Crippen molar-refractivity contribution in [1.29, 1.82) is 0 Å². The second-order valence-electron chi connectivity index (χ2n) is 6.13. The third kappa shape index (κ3) is 2.40. The molecule has 4 rings (SSSR count). The van der Waals surface area contributed by atoms with Gasteiger partial charge < -0.3 is 10.3 Å². The molecule has 1 aliphatic heterocycles. The highest BCUT2D eigenvalue weighted by atomic mass is 19.1. The third-order valence-electron chi connectivity index (χ3n) is 4.41. The predicted octanol–water partition coefficient (Wildman–Crippen LogP) is 4.55. The first-order chi connectivity index (χ1) is 11.6. The first-order valence-electron chi connectivity index (χ1n) is 7.98. The lowest BCUT2D eigenvalue weighted by molar-refractivity contribution is 0.618. The number of hydrogen-bond acceptors (Lipinski definition) is 2. The van der Waals surface area contributed by atoms with E-state index in [4.69, 9.17) is 0 Å². The maximum absolute atomic E-state index is 14.2. The Labute approximate surface area is 140 Å². The van der Waals surface area contributed by atoms with E-state index in [9.17, 15) is 4.39 Å². The third-order valence-corrected chi connectivity index (χ3v) is 4.41. The Hall–Kier alpha value is -2.88. The van der Waals surface area contributed by atoms with Gasteiger partial charge in [0.1, 0.15) is 11.6 Å². The molecule has 0 amide bonds. The summed E-state index contributed by atoms with van der Waals surface area (Å²) in [5.74, 6) is 0.567. The summed E-state index contributed by atoms with van der Waals surface area (Å²) >= 11 is 0. The lowest BCUT2D eigenvalue weighted by Crippen LogP contribution is -2.00. The molecule has 1 aromatic heterocycles. The molecule has 2 N–H and O–H groups in total. The SMILES string of the molecule is Cc1cnc(C(=C2CNc3ccccc32)c2ccc(C)c(F)c2)[nH]1. The van der Waals surface area contributed by atoms with Gasteiger partial charge in [-0.2, -0.15) is 0 Å². The van der Waals surface area contributed by atoms with E-state index in [2.05, 4.69) is 27.4 Å². The van der Waals surface area contributed by atoms with Crippen LogP contribution in [0, 0.1) is 19.7 Å². The number of halogens is 1. The van der Waals surface area contributed by atoms with E-state index in [0.29, 0.717) is 12.1 Å². The van der Waals surface area contributed by atoms with E-state index in [1.165, 1.54) is 0 Å². The van der Waals surface area contributed by atoms with E-state index in [0.717, 1.165) is 39.5 Å². The average molecular weight is 319 g/mol. The van der Waals surface area contributed by atoms with Crippen LogP contribution in [0.3, 0.4) is 0 Å². The van der Waals surface area contributed by atoms with Gasteiger partial charge >= 0.3 is 0 Å². The van der Waals surface area contributed by atoms with Gasteiger partial charge in [0.05, 0.1) is 0 Å². The van der Waals surface area contributed by atoms with Gasteiger partial charge in [0.15, 0.2) is 0 Å². The normalized spacial score (nSPS) is 15.1. The molecule has 0 saturated heterocycles. The van der Waals surface area contributed by atoms with Crippen LogP contribution < -0.4 is 5.32 Å². The van der Waals surface area contributed by atoms with E-state index in [-0.39, 0.29) is 5.82 Å². The van der Waals surface area contributed by atoms with Crippen molar-refractivity contribution in [3.63, 3.8) is 0 Å². The van der Waals surface area contributed by atoms with Crippen molar-refractivity contribution in [2.75, 3.05) is 11.9 Å². The molecule has 2 heterocycles. The fourth-order valence-electron chi connectivity index (χ4n) is 3.14. The summed E-state index contributed by atoms with van der Waals surface area (Å²) in [5, 5.41) is 3.41. The molecule has 0 fully saturated rings. The van der Waals surface area contributed by atoms with E-state index >= 15 is 0 Å². The summed E-state index contributed by atoms with van der Waals surface area (Å²) in [6, 6.07) is 13.5. The maximum atomic E-state index is 14.2. The maximum Gasteiger partial charge on any atom is 0.138 e. The average Bonchev–Trinajstić information content (AvgIpc) is 3.19. The zero-order valence-corrected chi connectivity index (χ0v) is 13.7. The van der Waals surface area contributed by atoms with Crippen LogP contribution in [0.5, 0.6) is 0 Å². The number of imidazole rings is 1. The number of aryl methyl sites for hydroxylation is 2. The van der Waals surface area contributed by atoms with Crippen LogP contribution in [0.2, 0.25) is 0 Å². The first-order valence-corrected chi connectivity index (χ1v) is 7.98. The van der Waals surface area contributed by atoms with Crippen LogP contribution in [-0.4, -0.2) is 16.5 Å². The van der Waals surface area contributed by atoms with Crippen LogP contribution >= 0.6 is 0 Å². The molecule has 120 valence electrons. The van der Waals surface area contributed by atoms with Gasteiger partial charge in [-0.15, -0.1) is 0 Å². The minimum absolute atomic E-state index is 0.201. The number of hydrogen-bond donors (Lipinski definition) is 2. The molecule has 1 aliphatic rings. The topological polar surface area (TPSA) is 40.7 Å².